The van der Waals surface area contributed by atoms with Gasteiger partial charge in [0.1, 0.15) is 5.75 Å². The van der Waals surface area contributed by atoms with Gasteiger partial charge < -0.3 is 19.5 Å². The van der Waals surface area contributed by atoms with E-state index in [0.29, 0.717) is 11.8 Å². The van der Waals surface area contributed by atoms with Crippen molar-refractivity contribution in [1.82, 2.24) is 10.2 Å². The van der Waals surface area contributed by atoms with Gasteiger partial charge >= 0.3 is 0 Å². The maximum Gasteiger partial charge on any atom is 0.164 e. The Bertz CT molecular complexity index is 497. The SMILES string of the molecule is CCCC[C@@H](c1cc(OC)c(OC)cc1OC)N1CCNCC1.Cl.Cl. The fourth-order valence-corrected chi connectivity index (χ4v) is 3.24. The molecule has 1 N–H and O–H groups in total. The standard InChI is InChI=1S/C18H30N2O3.2ClH/c1-5-6-7-15(20-10-8-19-9-11-20)14-12-17(22-3)18(23-4)13-16(14)21-2;;/h12-13,15,19H,5-11H2,1-4H3;2*1H/t15-;;/m0../s1. The lowest BCUT2D eigenvalue weighted by atomic mass is 9.97. The molecule has 2 rings (SSSR count). The van der Waals surface area contributed by atoms with Crippen molar-refractivity contribution in [3.8, 4) is 17.2 Å². The second-order valence-corrected chi connectivity index (χ2v) is 5.89. The first kappa shape index (κ1) is 24.1. The number of hydrogen-bond donors (Lipinski definition) is 1. The molecule has 1 heterocycles. The molecular weight excluding hydrogens is 363 g/mol. The van der Waals surface area contributed by atoms with E-state index in [-0.39, 0.29) is 24.8 Å². The fourth-order valence-electron chi connectivity index (χ4n) is 3.24. The lowest BCUT2D eigenvalue weighted by Gasteiger charge is -2.36. The number of nitrogens with zero attached hydrogens (tertiary/aromatic N) is 1. The minimum atomic E-state index is 0. The van der Waals surface area contributed by atoms with Gasteiger partial charge in [-0.2, -0.15) is 0 Å². The molecule has 0 aromatic heterocycles. The summed E-state index contributed by atoms with van der Waals surface area (Å²) >= 11 is 0. The van der Waals surface area contributed by atoms with Crippen LogP contribution in [0.25, 0.3) is 0 Å². The molecule has 0 unspecified atom stereocenters. The molecule has 1 aromatic carbocycles. The number of piperazine rings is 1. The average molecular weight is 395 g/mol. The monoisotopic (exact) mass is 394 g/mol. The Kier molecular flexibility index (Phi) is 12.0. The van der Waals surface area contributed by atoms with Crippen LogP contribution in [0.2, 0.25) is 0 Å². The first-order valence-electron chi connectivity index (χ1n) is 8.49. The number of unbranched alkanes of at least 4 members (excludes halogenated alkanes) is 1. The second-order valence-electron chi connectivity index (χ2n) is 5.89. The molecule has 0 aliphatic carbocycles. The summed E-state index contributed by atoms with van der Waals surface area (Å²) in [4.78, 5) is 2.55. The van der Waals surface area contributed by atoms with Gasteiger partial charge in [0.05, 0.1) is 21.3 Å². The summed E-state index contributed by atoms with van der Waals surface area (Å²) in [6.45, 7) is 6.44. The van der Waals surface area contributed by atoms with E-state index in [1.807, 2.05) is 6.07 Å². The predicted molar refractivity (Wildman–Crippen MR) is 107 cm³/mol. The lowest BCUT2D eigenvalue weighted by Crippen LogP contribution is -2.45. The van der Waals surface area contributed by atoms with Crippen LogP contribution in [0.4, 0.5) is 0 Å². The number of ether oxygens (including phenoxy) is 3. The molecular formula is C18H32Cl2N2O3. The zero-order valence-electron chi connectivity index (χ0n) is 15.7. The van der Waals surface area contributed by atoms with Crippen molar-refractivity contribution in [3.05, 3.63) is 17.7 Å². The zero-order valence-corrected chi connectivity index (χ0v) is 17.3. The first-order valence-corrected chi connectivity index (χ1v) is 8.49. The van der Waals surface area contributed by atoms with Crippen LogP contribution in [-0.4, -0.2) is 52.4 Å². The minimum Gasteiger partial charge on any atom is -0.496 e. The van der Waals surface area contributed by atoms with Gasteiger partial charge in [0.25, 0.3) is 0 Å². The van der Waals surface area contributed by atoms with Crippen molar-refractivity contribution in [2.45, 2.75) is 32.2 Å². The van der Waals surface area contributed by atoms with E-state index in [0.717, 1.165) is 44.1 Å². The van der Waals surface area contributed by atoms with Gasteiger partial charge in [-0.25, -0.2) is 0 Å². The van der Waals surface area contributed by atoms with Gasteiger partial charge in [-0.1, -0.05) is 19.8 Å². The van der Waals surface area contributed by atoms with Crippen molar-refractivity contribution >= 4 is 24.8 Å². The normalized spacial score (nSPS) is 15.5. The number of hydrogen-bond acceptors (Lipinski definition) is 5. The maximum absolute atomic E-state index is 5.66. The summed E-state index contributed by atoms with van der Waals surface area (Å²) in [6.07, 6.45) is 3.52. The maximum atomic E-state index is 5.66. The van der Waals surface area contributed by atoms with Gasteiger partial charge in [0, 0.05) is 43.9 Å². The third-order valence-corrected chi connectivity index (χ3v) is 4.52. The Balaban J connectivity index is 0.00000288. The zero-order chi connectivity index (χ0) is 16.7. The summed E-state index contributed by atoms with van der Waals surface area (Å²) in [5.74, 6) is 2.35. The van der Waals surface area contributed by atoms with Crippen molar-refractivity contribution in [1.29, 1.82) is 0 Å². The average Bonchev–Trinajstić information content (AvgIpc) is 2.62. The van der Waals surface area contributed by atoms with Gasteiger partial charge in [0.15, 0.2) is 11.5 Å². The first-order chi connectivity index (χ1) is 11.2. The third-order valence-electron chi connectivity index (χ3n) is 4.52. The van der Waals surface area contributed by atoms with Crippen LogP contribution >= 0.6 is 24.8 Å². The predicted octanol–water partition coefficient (Wildman–Crippen LogP) is 3.69. The number of methoxy groups -OCH3 is 3. The molecule has 0 saturated carbocycles. The molecule has 0 spiro atoms. The van der Waals surface area contributed by atoms with Crippen molar-refractivity contribution in [2.24, 2.45) is 0 Å². The van der Waals surface area contributed by atoms with E-state index in [9.17, 15) is 0 Å². The third kappa shape index (κ3) is 6.10. The molecule has 1 saturated heterocycles. The van der Waals surface area contributed by atoms with Gasteiger partial charge in [-0.15, -0.1) is 24.8 Å². The summed E-state index contributed by atoms with van der Waals surface area (Å²) in [5, 5.41) is 3.43. The topological polar surface area (TPSA) is 43.0 Å². The Hall–Kier alpha value is -0.880. The summed E-state index contributed by atoms with van der Waals surface area (Å²) in [6, 6.07) is 4.38. The summed E-state index contributed by atoms with van der Waals surface area (Å²) in [5.41, 5.74) is 1.19. The molecule has 0 amide bonds. The molecule has 5 nitrogen and oxygen atoms in total. The van der Waals surface area contributed by atoms with E-state index >= 15 is 0 Å². The van der Waals surface area contributed by atoms with Crippen molar-refractivity contribution in [2.75, 3.05) is 47.5 Å². The van der Waals surface area contributed by atoms with Crippen LogP contribution in [-0.2, 0) is 0 Å². The highest BCUT2D eigenvalue weighted by molar-refractivity contribution is 5.85. The van der Waals surface area contributed by atoms with Crippen LogP contribution < -0.4 is 19.5 Å². The highest BCUT2D eigenvalue weighted by atomic mass is 35.5. The van der Waals surface area contributed by atoms with E-state index in [2.05, 4.69) is 23.2 Å². The van der Waals surface area contributed by atoms with E-state index in [1.54, 1.807) is 21.3 Å². The molecule has 1 fully saturated rings. The molecule has 1 atom stereocenters. The van der Waals surface area contributed by atoms with Crippen LogP contribution in [0.5, 0.6) is 17.2 Å². The largest absolute Gasteiger partial charge is 0.496 e. The Morgan fingerprint density at radius 3 is 2.04 bits per heavy atom. The molecule has 1 aromatic rings. The molecule has 7 heteroatoms. The fraction of sp³-hybridized carbons (Fsp3) is 0.667. The van der Waals surface area contributed by atoms with Crippen molar-refractivity contribution in [3.63, 3.8) is 0 Å². The smallest absolute Gasteiger partial charge is 0.164 e. The number of nitrogens with one attached hydrogen (secondary N) is 1. The molecule has 1 aliphatic rings. The van der Waals surface area contributed by atoms with Crippen LogP contribution in [0.15, 0.2) is 12.1 Å². The van der Waals surface area contributed by atoms with Crippen LogP contribution in [0.1, 0.15) is 37.8 Å². The minimum absolute atomic E-state index is 0. The summed E-state index contributed by atoms with van der Waals surface area (Å²) < 4.78 is 16.6. The van der Waals surface area contributed by atoms with E-state index < -0.39 is 0 Å². The van der Waals surface area contributed by atoms with E-state index in [4.69, 9.17) is 14.2 Å². The van der Waals surface area contributed by atoms with Gasteiger partial charge in [-0.05, 0) is 12.5 Å². The van der Waals surface area contributed by atoms with Gasteiger partial charge in [0.2, 0.25) is 0 Å². The molecule has 0 radical (unpaired) electrons. The second kappa shape index (κ2) is 12.5. The Labute approximate surface area is 164 Å². The summed E-state index contributed by atoms with van der Waals surface area (Å²) in [7, 11) is 5.06. The number of halogens is 2. The quantitative estimate of drug-likeness (QED) is 0.727. The van der Waals surface area contributed by atoms with Crippen LogP contribution in [0.3, 0.4) is 0 Å². The molecule has 146 valence electrons. The molecule has 0 bridgehead atoms. The number of rotatable bonds is 8. The van der Waals surface area contributed by atoms with Gasteiger partial charge in [-0.3, -0.25) is 4.90 Å². The molecule has 25 heavy (non-hydrogen) atoms. The van der Waals surface area contributed by atoms with E-state index in [1.165, 1.54) is 18.4 Å². The Morgan fingerprint density at radius 2 is 1.52 bits per heavy atom. The highest BCUT2D eigenvalue weighted by Crippen LogP contribution is 2.40. The molecule has 1 aliphatic heterocycles. The number of benzene rings is 1. The Morgan fingerprint density at radius 1 is 0.960 bits per heavy atom. The highest BCUT2D eigenvalue weighted by Gasteiger charge is 2.26. The lowest BCUT2D eigenvalue weighted by molar-refractivity contribution is 0.160. The van der Waals surface area contributed by atoms with Crippen LogP contribution in [0, 0.1) is 0 Å². The van der Waals surface area contributed by atoms with Crippen molar-refractivity contribution < 1.29 is 14.2 Å².